The predicted molar refractivity (Wildman–Crippen MR) is 79.3 cm³/mol. The smallest absolute Gasteiger partial charge is 0.0334 e. The molecule has 0 bridgehead atoms. The molecule has 0 saturated heterocycles. The molecule has 1 N–H and O–H groups in total. The molecular formula is C15H22BrN. The molecule has 1 unspecified atom stereocenters. The molecule has 1 aromatic rings. The Morgan fingerprint density at radius 3 is 2.76 bits per heavy atom. The van der Waals surface area contributed by atoms with Crippen LogP contribution < -0.4 is 5.32 Å². The highest BCUT2D eigenvalue weighted by molar-refractivity contribution is 9.10. The molecule has 1 atom stereocenters. The summed E-state index contributed by atoms with van der Waals surface area (Å²) in [6.45, 7) is 11.3. The van der Waals surface area contributed by atoms with Crippen LogP contribution in [0.4, 0.5) is 0 Å². The summed E-state index contributed by atoms with van der Waals surface area (Å²) in [6.07, 6.45) is 2.17. The molecule has 0 heterocycles. The van der Waals surface area contributed by atoms with Crippen molar-refractivity contribution < 1.29 is 0 Å². The lowest BCUT2D eigenvalue weighted by molar-refractivity contribution is 0.513. The number of halogens is 1. The molecule has 94 valence electrons. The molecule has 1 rings (SSSR count). The highest BCUT2D eigenvalue weighted by Gasteiger charge is 2.14. The molecule has 0 radical (unpaired) electrons. The fraction of sp³-hybridized carbons (Fsp3) is 0.467. The van der Waals surface area contributed by atoms with Gasteiger partial charge < -0.3 is 5.32 Å². The number of benzene rings is 1. The Labute approximate surface area is 113 Å². The molecule has 2 heteroatoms. The Balaban J connectivity index is 2.88. The van der Waals surface area contributed by atoms with Gasteiger partial charge in [0.2, 0.25) is 0 Å². The van der Waals surface area contributed by atoms with Gasteiger partial charge >= 0.3 is 0 Å². The van der Waals surface area contributed by atoms with Gasteiger partial charge in [0.25, 0.3) is 0 Å². The van der Waals surface area contributed by atoms with Crippen molar-refractivity contribution in [3.8, 4) is 0 Å². The Kier molecular flexibility index (Phi) is 5.93. The van der Waals surface area contributed by atoms with Gasteiger partial charge in [-0.25, -0.2) is 0 Å². The predicted octanol–water partition coefficient (Wildman–Crippen LogP) is 4.76. The van der Waals surface area contributed by atoms with E-state index in [0.717, 1.165) is 19.4 Å². The molecule has 0 aliphatic heterocycles. The van der Waals surface area contributed by atoms with Crippen molar-refractivity contribution in [2.75, 3.05) is 6.54 Å². The van der Waals surface area contributed by atoms with Crippen LogP contribution in [0.3, 0.4) is 0 Å². The first-order valence-corrected chi connectivity index (χ1v) is 6.98. The van der Waals surface area contributed by atoms with E-state index in [4.69, 9.17) is 0 Å². The summed E-state index contributed by atoms with van der Waals surface area (Å²) in [5.74, 6) is 0. The quantitative estimate of drug-likeness (QED) is 0.746. The first-order valence-electron chi connectivity index (χ1n) is 6.19. The van der Waals surface area contributed by atoms with Gasteiger partial charge in [-0.05, 0) is 44.4 Å². The minimum Gasteiger partial charge on any atom is -0.310 e. The van der Waals surface area contributed by atoms with Crippen molar-refractivity contribution >= 4 is 15.9 Å². The van der Waals surface area contributed by atoms with Crippen LogP contribution in [-0.4, -0.2) is 6.54 Å². The van der Waals surface area contributed by atoms with Crippen molar-refractivity contribution in [3.63, 3.8) is 0 Å². The molecule has 1 aromatic carbocycles. The summed E-state index contributed by atoms with van der Waals surface area (Å²) >= 11 is 3.70. The van der Waals surface area contributed by atoms with E-state index in [0.29, 0.717) is 6.04 Å². The molecular weight excluding hydrogens is 274 g/mol. The van der Waals surface area contributed by atoms with Crippen LogP contribution in [-0.2, 0) is 0 Å². The van der Waals surface area contributed by atoms with Gasteiger partial charge in [-0.2, -0.15) is 0 Å². The average molecular weight is 296 g/mol. The van der Waals surface area contributed by atoms with Crippen LogP contribution in [0.2, 0.25) is 0 Å². The fourth-order valence-corrected chi connectivity index (χ4v) is 2.48. The van der Waals surface area contributed by atoms with E-state index in [9.17, 15) is 0 Å². The van der Waals surface area contributed by atoms with Crippen molar-refractivity contribution in [3.05, 3.63) is 46.0 Å². The van der Waals surface area contributed by atoms with Gasteiger partial charge in [-0.3, -0.25) is 0 Å². The fourth-order valence-electron chi connectivity index (χ4n) is 1.94. The second-order valence-electron chi connectivity index (χ2n) is 4.58. The molecule has 0 aromatic heterocycles. The normalized spacial score (nSPS) is 12.5. The largest absolute Gasteiger partial charge is 0.310 e. The number of hydrogen-bond donors (Lipinski definition) is 1. The van der Waals surface area contributed by atoms with Crippen LogP contribution in [0.15, 0.2) is 34.8 Å². The monoisotopic (exact) mass is 295 g/mol. The van der Waals surface area contributed by atoms with Gasteiger partial charge in [0, 0.05) is 10.5 Å². The SMILES string of the molecule is C=C(C)CCC(NCC)c1cccc(C)c1Br. The van der Waals surface area contributed by atoms with E-state index in [2.05, 4.69) is 66.8 Å². The van der Waals surface area contributed by atoms with E-state index in [-0.39, 0.29) is 0 Å². The lowest BCUT2D eigenvalue weighted by Crippen LogP contribution is -2.21. The molecule has 0 aliphatic carbocycles. The molecule has 1 nitrogen and oxygen atoms in total. The zero-order chi connectivity index (χ0) is 12.8. The number of hydrogen-bond acceptors (Lipinski definition) is 1. The molecule has 17 heavy (non-hydrogen) atoms. The second kappa shape index (κ2) is 6.97. The van der Waals surface area contributed by atoms with Gasteiger partial charge in [0.1, 0.15) is 0 Å². The average Bonchev–Trinajstić information content (AvgIpc) is 2.28. The summed E-state index contributed by atoms with van der Waals surface area (Å²) in [6, 6.07) is 6.87. The maximum atomic E-state index is 3.98. The van der Waals surface area contributed by atoms with Crippen molar-refractivity contribution in [1.82, 2.24) is 5.32 Å². The van der Waals surface area contributed by atoms with Crippen LogP contribution >= 0.6 is 15.9 Å². The minimum atomic E-state index is 0.408. The van der Waals surface area contributed by atoms with E-state index < -0.39 is 0 Å². The molecule has 0 fully saturated rings. The Morgan fingerprint density at radius 2 is 2.18 bits per heavy atom. The standard InChI is InChI=1S/C15H22BrN/c1-5-17-14(10-9-11(2)3)13-8-6-7-12(4)15(13)16/h6-8,14,17H,2,5,9-10H2,1,3-4H3. The van der Waals surface area contributed by atoms with Crippen LogP contribution in [0.25, 0.3) is 0 Å². The zero-order valence-corrected chi connectivity index (χ0v) is 12.6. The maximum absolute atomic E-state index is 3.98. The Hall–Kier alpha value is -0.600. The number of nitrogens with one attached hydrogen (secondary N) is 1. The Bertz CT molecular complexity index is 385. The van der Waals surface area contributed by atoms with Crippen molar-refractivity contribution in [2.45, 2.75) is 39.7 Å². The maximum Gasteiger partial charge on any atom is 0.0334 e. The van der Waals surface area contributed by atoms with Gasteiger partial charge in [-0.15, -0.1) is 6.58 Å². The zero-order valence-electron chi connectivity index (χ0n) is 11.0. The van der Waals surface area contributed by atoms with E-state index in [1.165, 1.54) is 21.2 Å². The third-order valence-corrected chi connectivity index (χ3v) is 3.99. The molecule has 0 aliphatic rings. The summed E-state index contributed by atoms with van der Waals surface area (Å²) in [4.78, 5) is 0. The first kappa shape index (κ1) is 14.5. The lowest BCUT2D eigenvalue weighted by atomic mass is 9.98. The third-order valence-electron chi connectivity index (χ3n) is 2.91. The van der Waals surface area contributed by atoms with Gasteiger partial charge in [-0.1, -0.05) is 46.6 Å². The van der Waals surface area contributed by atoms with E-state index in [1.807, 2.05) is 0 Å². The lowest BCUT2D eigenvalue weighted by Gasteiger charge is -2.20. The number of rotatable bonds is 6. The molecule has 0 amide bonds. The van der Waals surface area contributed by atoms with Gasteiger partial charge in [0.05, 0.1) is 0 Å². The number of allylic oxidation sites excluding steroid dienone is 1. The summed E-state index contributed by atoms with van der Waals surface area (Å²) in [5, 5.41) is 3.55. The summed E-state index contributed by atoms with van der Waals surface area (Å²) in [5.41, 5.74) is 3.89. The molecule has 0 spiro atoms. The van der Waals surface area contributed by atoms with Gasteiger partial charge in [0.15, 0.2) is 0 Å². The highest BCUT2D eigenvalue weighted by Crippen LogP contribution is 2.29. The van der Waals surface area contributed by atoms with Crippen LogP contribution in [0.1, 0.15) is 43.9 Å². The molecule has 0 saturated carbocycles. The Morgan fingerprint density at radius 1 is 1.47 bits per heavy atom. The second-order valence-corrected chi connectivity index (χ2v) is 5.38. The first-order chi connectivity index (χ1) is 8.06. The third kappa shape index (κ3) is 4.29. The topological polar surface area (TPSA) is 12.0 Å². The highest BCUT2D eigenvalue weighted by atomic mass is 79.9. The minimum absolute atomic E-state index is 0.408. The van der Waals surface area contributed by atoms with E-state index in [1.54, 1.807) is 0 Å². The van der Waals surface area contributed by atoms with E-state index >= 15 is 0 Å². The van der Waals surface area contributed by atoms with Crippen LogP contribution in [0.5, 0.6) is 0 Å². The number of aryl methyl sites for hydroxylation is 1. The summed E-state index contributed by atoms with van der Waals surface area (Å²) in [7, 11) is 0. The van der Waals surface area contributed by atoms with Crippen molar-refractivity contribution in [2.24, 2.45) is 0 Å². The van der Waals surface area contributed by atoms with Crippen LogP contribution in [0, 0.1) is 6.92 Å². The van der Waals surface area contributed by atoms with Crippen molar-refractivity contribution in [1.29, 1.82) is 0 Å². The summed E-state index contributed by atoms with van der Waals surface area (Å²) < 4.78 is 1.23.